The van der Waals surface area contributed by atoms with E-state index in [1.165, 1.54) is 12.1 Å². The van der Waals surface area contributed by atoms with Crippen molar-refractivity contribution >= 4 is 11.5 Å². The molecule has 0 amide bonds. The number of ketones is 1. The van der Waals surface area contributed by atoms with Crippen LogP contribution in [0.1, 0.15) is 37.8 Å². The van der Waals surface area contributed by atoms with E-state index in [1.807, 2.05) is 12.3 Å². The van der Waals surface area contributed by atoms with Crippen molar-refractivity contribution in [1.29, 1.82) is 0 Å². The number of hydrogen-bond donors (Lipinski definition) is 0. The molecule has 0 spiro atoms. The van der Waals surface area contributed by atoms with Gasteiger partial charge in [0, 0.05) is 31.1 Å². The summed E-state index contributed by atoms with van der Waals surface area (Å²) >= 11 is 0. The Morgan fingerprint density at radius 1 is 1.29 bits per heavy atom. The Kier molecular flexibility index (Phi) is 2.61. The minimum Gasteiger partial charge on any atom is -0.363 e. The molecule has 2 aliphatic heterocycles. The molecule has 2 fully saturated rings. The first-order valence-electron chi connectivity index (χ1n) is 6.47. The van der Waals surface area contributed by atoms with Crippen LogP contribution in [-0.4, -0.2) is 22.9 Å². The number of aryl methyl sites for hydroxylation is 1. The van der Waals surface area contributed by atoms with Crippen molar-refractivity contribution in [2.45, 2.75) is 51.1 Å². The Hall–Kier alpha value is -1.38. The SMILES string of the molecule is Cc1ncccc1N1C2CCCC1CC(=O)C2. The van der Waals surface area contributed by atoms with Crippen molar-refractivity contribution in [3.05, 3.63) is 24.0 Å². The van der Waals surface area contributed by atoms with Crippen LogP contribution >= 0.6 is 0 Å². The maximum atomic E-state index is 11.7. The standard InChI is InChI=1S/C14H18N2O/c1-10-14(6-3-7-15-10)16-11-4-2-5-12(16)9-13(17)8-11/h3,6-7,11-12H,2,4-5,8-9H2,1H3. The van der Waals surface area contributed by atoms with Crippen molar-refractivity contribution in [3.8, 4) is 0 Å². The third-order valence-electron chi connectivity index (χ3n) is 4.05. The van der Waals surface area contributed by atoms with E-state index in [-0.39, 0.29) is 0 Å². The number of Topliss-reactive ketones (excluding diaryl/α,β-unsaturated/α-hetero) is 1. The maximum absolute atomic E-state index is 11.7. The molecule has 3 rings (SSSR count). The molecular weight excluding hydrogens is 212 g/mol. The third kappa shape index (κ3) is 1.84. The summed E-state index contributed by atoms with van der Waals surface area (Å²) in [5.41, 5.74) is 2.31. The number of nitrogens with zero attached hydrogens (tertiary/aromatic N) is 2. The van der Waals surface area contributed by atoms with Crippen LogP contribution in [0.2, 0.25) is 0 Å². The Balaban J connectivity index is 1.97. The van der Waals surface area contributed by atoms with Crippen molar-refractivity contribution in [3.63, 3.8) is 0 Å². The molecule has 3 heteroatoms. The second-order valence-electron chi connectivity index (χ2n) is 5.20. The van der Waals surface area contributed by atoms with Crippen LogP contribution < -0.4 is 4.90 Å². The third-order valence-corrected chi connectivity index (χ3v) is 4.05. The van der Waals surface area contributed by atoms with Gasteiger partial charge in [0.05, 0.1) is 11.4 Å². The van der Waals surface area contributed by atoms with E-state index >= 15 is 0 Å². The second kappa shape index (κ2) is 4.13. The molecule has 0 aromatic carbocycles. The number of piperidine rings is 2. The smallest absolute Gasteiger partial charge is 0.137 e. The number of aromatic nitrogens is 1. The Morgan fingerprint density at radius 2 is 2.00 bits per heavy atom. The Bertz CT molecular complexity index is 428. The average molecular weight is 230 g/mol. The van der Waals surface area contributed by atoms with E-state index in [2.05, 4.69) is 22.9 Å². The van der Waals surface area contributed by atoms with E-state index in [1.54, 1.807) is 0 Å². The lowest BCUT2D eigenvalue weighted by Crippen LogP contribution is -2.52. The highest BCUT2D eigenvalue weighted by Gasteiger charge is 2.38. The quantitative estimate of drug-likeness (QED) is 0.743. The zero-order valence-electron chi connectivity index (χ0n) is 10.2. The zero-order chi connectivity index (χ0) is 11.8. The average Bonchev–Trinajstić information content (AvgIpc) is 2.29. The summed E-state index contributed by atoms with van der Waals surface area (Å²) in [6, 6.07) is 4.97. The number of carbonyl (C=O) groups is 1. The lowest BCUT2D eigenvalue weighted by atomic mass is 9.83. The molecule has 1 aromatic rings. The van der Waals surface area contributed by atoms with Crippen LogP contribution in [0.25, 0.3) is 0 Å². The maximum Gasteiger partial charge on any atom is 0.137 e. The molecule has 0 saturated carbocycles. The minimum atomic E-state index is 0.415. The number of rotatable bonds is 1. The van der Waals surface area contributed by atoms with Crippen LogP contribution in [-0.2, 0) is 4.79 Å². The molecule has 0 aliphatic carbocycles. The monoisotopic (exact) mass is 230 g/mol. The number of hydrogen-bond acceptors (Lipinski definition) is 3. The van der Waals surface area contributed by atoms with E-state index in [4.69, 9.17) is 0 Å². The molecule has 90 valence electrons. The molecule has 17 heavy (non-hydrogen) atoms. The lowest BCUT2D eigenvalue weighted by molar-refractivity contribution is -0.121. The summed E-state index contributed by atoms with van der Waals surface area (Å²) in [6.07, 6.45) is 6.85. The molecule has 0 N–H and O–H groups in total. The highest BCUT2D eigenvalue weighted by molar-refractivity contribution is 5.82. The predicted octanol–water partition coefficient (Wildman–Crippen LogP) is 2.48. The highest BCUT2D eigenvalue weighted by atomic mass is 16.1. The number of carbonyl (C=O) groups excluding carboxylic acids is 1. The fourth-order valence-corrected chi connectivity index (χ4v) is 3.32. The normalized spacial score (nSPS) is 28.3. The van der Waals surface area contributed by atoms with Crippen molar-refractivity contribution in [1.82, 2.24) is 4.98 Å². The molecule has 2 aliphatic rings. The fourth-order valence-electron chi connectivity index (χ4n) is 3.32. The summed E-state index contributed by atoms with van der Waals surface area (Å²) in [6.45, 7) is 2.06. The molecule has 0 radical (unpaired) electrons. The van der Waals surface area contributed by atoms with E-state index in [0.29, 0.717) is 17.9 Å². The van der Waals surface area contributed by atoms with Gasteiger partial charge >= 0.3 is 0 Å². The minimum absolute atomic E-state index is 0.415. The summed E-state index contributed by atoms with van der Waals surface area (Å²) in [4.78, 5) is 18.5. The number of pyridine rings is 1. The van der Waals surface area contributed by atoms with E-state index in [9.17, 15) is 4.79 Å². The van der Waals surface area contributed by atoms with Crippen molar-refractivity contribution < 1.29 is 4.79 Å². The Labute approximate surface area is 102 Å². The van der Waals surface area contributed by atoms with E-state index in [0.717, 1.165) is 31.4 Å². The first-order valence-corrected chi connectivity index (χ1v) is 6.47. The van der Waals surface area contributed by atoms with Gasteiger partial charge in [-0.3, -0.25) is 9.78 Å². The largest absolute Gasteiger partial charge is 0.363 e. The van der Waals surface area contributed by atoms with Crippen molar-refractivity contribution in [2.24, 2.45) is 0 Å². The zero-order valence-corrected chi connectivity index (χ0v) is 10.2. The number of anilines is 1. The second-order valence-corrected chi connectivity index (χ2v) is 5.20. The topological polar surface area (TPSA) is 33.2 Å². The van der Waals surface area contributed by atoms with Gasteiger partial charge in [-0.25, -0.2) is 0 Å². The highest BCUT2D eigenvalue weighted by Crippen LogP contribution is 2.37. The molecule has 2 unspecified atom stereocenters. The van der Waals surface area contributed by atoms with Gasteiger partial charge in [0.2, 0.25) is 0 Å². The fraction of sp³-hybridized carbons (Fsp3) is 0.571. The van der Waals surface area contributed by atoms with Crippen molar-refractivity contribution in [2.75, 3.05) is 4.90 Å². The van der Waals surface area contributed by atoms with E-state index < -0.39 is 0 Å². The molecule has 2 saturated heterocycles. The molecular formula is C14H18N2O. The predicted molar refractivity (Wildman–Crippen MR) is 67.1 cm³/mol. The molecule has 2 bridgehead atoms. The molecule has 3 heterocycles. The van der Waals surface area contributed by atoms with Gasteiger partial charge in [0.1, 0.15) is 5.78 Å². The van der Waals surface area contributed by atoms with Crippen LogP contribution in [0.15, 0.2) is 18.3 Å². The van der Waals surface area contributed by atoms with Crippen LogP contribution in [0.4, 0.5) is 5.69 Å². The first kappa shape index (κ1) is 10.8. The molecule has 3 nitrogen and oxygen atoms in total. The van der Waals surface area contributed by atoms with Crippen LogP contribution in [0.5, 0.6) is 0 Å². The van der Waals surface area contributed by atoms with Gasteiger partial charge in [-0.05, 0) is 38.3 Å². The van der Waals surface area contributed by atoms with Crippen LogP contribution in [0, 0.1) is 6.92 Å². The van der Waals surface area contributed by atoms with Gasteiger partial charge in [-0.2, -0.15) is 0 Å². The lowest BCUT2D eigenvalue weighted by Gasteiger charge is -2.47. The van der Waals surface area contributed by atoms with Gasteiger partial charge in [-0.1, -0.05) is 0 Å². The number of fused-ring (bicyclic) bond motifs is 2. The molecule has 2 atom stereocenters. The van der Waals surface area contributed by atoms with Gasteiger partial charge < -0.3 is 4.90 Å². The Morgan fingerprint density at radius 3 is 2.65 bits per heavy atom. The first-order chi connectivity index (χ1) is 8.25. The van der Waals surface area contributed by atoms with Crippen LogP contribution in [0.3, 0.4) is 0 Å². The summed E-state index contributed by atoms with van der Waals surface area (Å²) in [5, 5.41) is 0. The summed E-state index contributed by atoms with van der Waals surface area (Å²) in [5.74, 6) is 0.442. The molecule has 1 aromatic heterocycles. The summed E-state index contributed by atoms with van der Waals surface area (Å²) in [7, 11) is 0. The van der Waals surface area contributed by atoms with Gasteiger partial charge in [0.15, 0.2) is 0 Å². The van der Waals surface area contributed by atoms with Gasteiger partial charge in [-0.15, -0.1) is 0 Å². The summed E-state index contributed by atoms with van der Waals surface area (Å²) < 4.78 is 0. The van der Waals surface area contributed by atoms with Gasteiger partial charge in [0.25, 0.3) is 0 Å².